The molecule has 0 fully saturated rings. The molecular weight excluding hydrogens is 180 g/mol. The lowest BCUT2D eigenvalue weighted by Crippen LogP contribution is -1.86. The topological polar surface area (TPSA) is 43.4 Å². The van der Waals surface area contributed by atoms with E-state index in [1.165, 1.54) is 6.08 Å². The minimum Gasteiger partial charge on any atom is -0.497 e. The third-order valence-electron chi connectivity index (χ3n) is 1.70. The van der Waals surface area contributed by atoms with E-state index in [-0.39, 0.29) is 5.57 Å². The number of aldehydes is 2. The third-order valence-corrected chi connectivity index (χ3v) is 1.70. The number of ether oxygens (including phenoxy) is 1. The Labute approximate surface area is 82.0 Å². The fourth-order valence-corrected chi connectivity index (χ4v) is 1.02. The van der Waals surface area contributed by atoms with Crippen LogP contribution in [0, 0.1) is 0 Å². The van der Waals surface area contributed by atoms with Crippen LogP contribution in [0.2, 0.25) is 0 Å². The number of rotatable bonds is 4. The molecule has 0 aliphatic rings. The fraction of sp³-hybridized carbons (Fsp3) is 0.0909. The van der Waals surface area contributed by atoms with E-state index in [0.29, 0.717) is 18.3 Å². The Morgan fingerprint density at radius 1 is 1.29 bits per heavy atom. The molecule has 0 unspecified atom stereocenters. The summed E-state index contributed by atoms with van der Waals surface area (Å²) in [5.74, 6) is 0.690. The van der Waals surface area contributed by atoms with E-state index in [0.717, 1.165) is 5.56 Å². The molecule has 0 saturated carbocycles. The Bertz CT molecular complexity index is 357. The summed E-state index contributed by atoms with van der Waals surface area (Å²) >= 11 is 0. The number of benzene rings is 1. The molecule has 1 rings (SSSR count). The van der Waals surface area contributed by atoms with E-state index in [9.17, 15) is 9.59 Å². The van der Waals surface area contributed by atoms with Crippen LogP contribution in [0.5, 0.6) is 5.75 Å². The first-order chi connectivity index (χ1) is 6.80. The van der Waals surface area contributed by atoms with Crippen LogP contribution in [0.25, 0.3) is 6.08 Å². The van der Waals surface area contributed by atoms with Crippen LogP contribution in [0.3, 0.4) is 0 Å². The van der Waals surface area contributed by atoms with Crippen molar-refractivity contribution in [2.24, 2.45) is 0 Å². The highest BCUT2D eigenvalue weighted by molar-refractivity contribution is 6.04. The molecule has 0 spiro atoms. The van der Waals surface area contributed by atoms with Crippen molar-refractivity contribution in [3.8, 4) is 5.75 Å². The molecule has 72 valence electrons. The van der Waals surface area contributed by atoms with Crippen LogP contribution in [0.15, 0.2) is 29.8 Å². The Morgan fingerprint density at radius 2 is 2.00 bits per heavy atom. The molecule has 14 heavy (non-hydrogen) atoms. The van der Waals surface area contributed by atoms with E-state index in [4.69, 9.17) is 4.74 Å². The summed E-state index contributed by atoms with van der Waals surface area (Å²) in [7, 11) is 1.56. The Balaban J connectivity index is 3.01. The number of carbonyl (C=O) groups is 2. The first-order valence-corrected chi connectivity index (χ1v) is 4.06. The highest BCUT2D eigenvalue weighted by atomic mass is 16.5. The molecule has 0 aromatic heterocycles. The van der Waals surface area contributed by atoms with E-state index in [1.54, 1.807) is 31.4 Å². The molecule has 3 heteroatoms. The zero-order valence-corrected chi connectivity index (χ0v) is 7.77. The normalized spacial score (nSPS) is 8.93. The molecule has 0 N–H and O–H groups in total. The summed E-state index contributed by atoms with van der Waals surface area (Å²) in [5.41, 5.74) is 0.872. The maximum Gasteiger partial charge on any atom is 0.153 e. The molecule has 0 amide bonds. The quantitative estimate of drug-likeness (QED) is 0.312. The average molecular weight is 190 g/mol. The summed E-state index contributed by atoms with van der Waals surface area (Å²) in [6, 6.07) is 7.11. The zero-order valence-electron chi connectivity index (χ0n) is 7.77. The van der Waals surface area contributed by atoms with Gasteiger partial charge < -0.3 is 4.74 Å². The molecule has 1 aromatic carbocycles. The second kappa shape index (κ2) is 4.97. The predicted octanol–water partition coefficient (Wildman–Crippen LogP) is 1.48. The van der Waals surface area contributed by atoms with Gasteiger partial charge in [0.25, 0.3) is 0 Å². The molecule has 0 radical (unpaired) electrons. The predicted molar refractivity (Wildman–Crippen MR) is 53.1 cm³/mol. The average Bonchev–Trinajstić information content (AvgIpc) is 2.26. The van der Waals surface area contributed by atoms with Crippen molar-refractivity contribution in [3.63, 3.8) is 0 Å². The van der Waals surface area contributed by atoms with E-state index in [2.05, 4.69) is 0 Å². The van der Waals surface area contributed by atoms with Gasteiger partial charge in [-0.05, 0) is 23.8 Å². The first kappa shape index (κ1) is 10.2. The van der Waals surface area contributed by atoms with Gasteiger partial charge >= 0.3 is 0 Å². The summed E-state index contributed by atoms with van der Waals surface area (Å²) in [4.78, 5) is 20.7. The van der Waals surface area contributed by atoms with Gasteiger partial charge in [0.05, 0.1) is 12.7 Å². The monoisotopic (exact) mass is 190 g/mol. The number of methoxy groups -OCH3 is 1. The van der Waals surface area contributed by atoms with Crippen molar-refractivity contribution >= 4 is 18.6 Å². The van der Waals surface area contributed by atoms with Crippen LogP contribution in [0.4, 0.5) is 0 Å². The Kier molecular flexibility index (Phi) is 3.61. The van der Waals surface area contributed by atoms with Gasteiger partial charge in [0.2, 0.25) is 0 Å². The van der Waals surface area contributed by atoms with Gasteiger partial charge in [-0.2, -0.15) is 0 Å². The second-order valence-electron chi connectivity index (χ2n) is 2.66. The van der Waals surface area contributed by atoms with Gasteiger partial charge in [0.15, 0.2) is 12.6 Å². The standard InChI is InChI=1S/C11H10O3/c1-14-11-4-2-3-9(6-11)5-10(7-12)8-13/h2-8H,1H3. The smallest absolute Gasteiger partial charge is 0.153 e. The van der Waals surface area contributed by atoms with Gasteiger partial charge in [-0.15, -0.1) is 0 Å². The van der Waals surface area contributed by atoms with Crippen molar-refractivity contribution in [2.45, 2.75) is 0 Å². The highest BCUT2D eigenvalue weighted by Crippen LogP contribution is 2.14. The summed E-state index contributed by atoms with van der Waals surface area (Å²) in [5, 5.41) is 0. The molecule has 0 aliphatic heterocycles. The van der Waals surface area contributed by atoms with Gasteiger partial charge in [-0.25, -0.2) is 0 Å². The van der Waals surface area contributed by atoms with Crippen LogP contribution in [-0.2, 0) is 9.59 Å². The Hall–Kier alpha value is -1.90. The summed E-state index contributed by atoms with van der Waals surface area (Å²) in [6.07, 6.45) is 2.54. The number of hydrogen-bond donors (Lipinski definition) is 0. The van der Waals surface area contributed by atoms with Crippen LogP contribution < -0.4 is 4.74 Å². The minimum absolute atomic E-state index is 0.109. The number of carbonyl (C=O) groups excluding carboxylic acids is 2. The molecule has 0 aliphatic carbocycles. The van der Waals surface area contributed by atoms with Crippen LogP contribution in [-0.4, -0.2) is 19.7 Å². The summed E-state index contributed by atoms with van der Waals surface area (Å²) in [6.45, 7) is 0. The lowest BCUT2D eigenvalue weighted by atomic mass is 10.1. The molecule has 0 saturated heterocycles. The van der Waals surface area contributed by atoms with E-state index < -0.39 is 0 Å². The van der Waals surface area contributed by atoms with Crippen molar-refractivity contribution < 1.29 is 14.3 Å². The maximum atomic E-state index is 10.4. The minimum atomic E-state index is 0.109. The van der Waals surface area contributed by atoms with Crippen molar-refractivity contribution in [1.29, 1.82) is 0 Å². The first-order valence-electron chi connectivity index (χ1n) is 4.06. The third kappa shape index (κ3) is 2.55. The molecule has 0 heterocycles. The molecule has 0 atom stereocenters. The van der Waals surface area contributed by atoms with Crippen molar-refractivity contribution in [1.82, 2.24) is 0 Å². The molecule has 1 aromatic rings. The fourth-order valence-electron chi connectivity index (χ4n) is 1.02. The summed E-state index contributed by atoms with van der Waals surface area (Å²) < 4.78 is 5.00. The lowest BCUT2D eigenvalue weighted by molar-refractivity contribution is -0.109. The molecule has 3 nitrogen and oxygen atoms in total. The van der Waals surface area contributed by atoms with Gasteiger partial charge in [0, 0.05) is 0 Å². The molecular formula is C11H10O3. The maximum absolute atomic E-state index is 10.4. The molecule has 0 bridgehead atoms. The Morgan fingerprint density at radius 3 is 2.57 bits per heavy atom. The number of allylic oxidation sites excluding steroid dienone is 1. The van der Waals surface area contributed by atoms with Crippen molar-refractivity contribution in [2.75, 3.05) is 7.11 Å². The lowest BCUT2D eigenvalue weighted by Gasteiger charge is -1.99. The largest absolute Gasteiger partial charge is 0.497 e. The highest BCUT2D eigenvalue weighted by Gasteiger charge is 1.95. The zero-order chi connectivity index (χ0) is 10.4. The van der Waals surface area contributed by atoms with E-state index in [1.807, 2.05) is 0 Å². The van der Waals surface area contributed by atoms with Crippen LogP contribution in [0.1, 0.15) is 5.56 Å². The van der Waals surface area contributed by atoms with E-state index >= 15 is 0 Å². The number of hydrogen-bond acceptors (Lipinski definition) is 3. The van der Waals surface area contributed by atoms with Crippen molar-refractivity contribution in [3.05, 3.63) is 35.4 Å². The van der Waals surface area contributed by atoms with Gasteiger partial charge in [0.1, 0.15) is 5.75 Å². The van der Waals surface area contributed by atoms with Gasteiger partial charge in [-0.1, -0.05) is 12.1 Å². The second-order valence-corrected chi connectivity index (χ2v) is 2.66. The van der Waals surface area contributed by atoms with Crippen LogP contribution >= 0.6 is 0 Å². The van der Waals surface area contributed by atoms with Gasteiger partial charge in [-0.3, -0.25) is 9.59 Å². The SMILES string of the molecule is COc1cccc(C=C(C=O)C=O)c1.